The van der Waals surface area contributed by atoms with Crippen molar-refractivity contribution in [3.63, 3.8) is 0 Å². The zero-order valence-corrected chi connectivity index (χ0v) is 24.2. The van der Waals surface area contributed by atoms with Crippen LogP contribution in [0.15, 0.2) is 25.5 Å². The van der Waals surface area contributed by atoms with E-state index < -0.39 is 0 Å². The van der Waals surface area contributed by atoms with Crippen molar-refractivity contribution >= 4 is 0 Å². The Hall–Kier alpha value is -0.760. The van der Waals surface area contributed by atoms with E-state index in [0.29, 0.717) is 18.4 Å². The molecule has 0 N–H and O–H groups in total. The van der Waals surface area contributed by atoms with Crippen LogP contribution in [0.25, 0.3) is 0 Å². The van der Waals surface area contributed by atoms with Gasteiger partial charge in [-0.05, 0) is 37.5 Å². The molecule has 0 aromatic carbocycles. The van der Waals surface area contributed by atoms with Crippen LogP contribution in [-0.4, -0.2) is 19.8 Å². The van der Waals surface area contributed by atoms with Crippen molar-refractivity contribution in [2.45, 2.75) is 155 Å². The van der Waals surface area contributed by atoms with Gasteiger partial charge in [0.25, 0.3) is 0 Å². The number of unbranched alkanes of at least 4 members (excludes halogenated alkanes) is 15. The fourth-order valence-corrected chi connectivity index (χ4v) is 5.14. The highest BCUT2D eigenvalue weighted by Crippen LogP contribution is 2.23. The summed E-state index contributed by atoms with van der Waals surface area (Å²) in [6.45, 7) is 14.6. The third kappa shape index (κ3) is 26.1. The molecule has 0 bridgehead atoms. The van der Waals surface area contributed by atoms with Crippen molar-refractivity contribution < 1.29 is 9.47 Å². The highest BCUT2D eigenvalue weighted by atomic mass is 16.5. The topological polar surface area (TPSA) is 18.5 Å². The maximum atomic E-state index is 5.86. The lowest BCUT2D eigenvalue weighted by Crippen LogP contribution is -2.11. The van der Waals surface area contributed by atoms with E-state index in [-0.39, 0.29) is 0 Å². The Morgan fingerprint density at radius 2 is 0.886 bits per heavy atom. The largest absolute Gasteiger partial charge is 0.502 e. The first-order chi connectivity index (χ1) is 17.3. The maximum absolute atomic E-state index is 5.86. The van der Waals surface area contributed by atoms with Crippen molar-refractivity contribution in [3.8, 4) is 0 Å². The molecule has 0 aliphatic heterocycles. The minimum atomic E-state index is 0.688. The summed E-state index contributed by atoms with van der Waals surface area (Å²) in [5, 5.41) is 0. The Morgan fingerprint density at radius 3 is 1.29 bits per heavy atom. The van der Waals surface area contributed by atoms with Crippen LogP contribution in [0.3, 0.4) is 0 Å². The van der Waals surface area contributed by atoms with E-state index in [9.17, 15) is 0 Å². The molecule has 2 heteroatoms. The second kappa shape index (κ2) is 29.5. The summed E-state index contributed by atoms with van der Waals surface area (Å²) in [5.74, 6) is 1.40. The smallest absolute Gasteiger partial charge is 0.0901 e. The van der Waals surface area contributed by atoms with E-state index in [2.05, 4.69) is 27.0 Å². The van der Waals surface area contributed by atoms with Gasteiger partial charge >= 0.3 is 0 Å². The van der Waals surface area contributed by atoms with Crippen LogP contribution < -0.4 is 0 Å². The van der Waals surface area contributed by atoms with E-state index in [1.165, 1.54) is 141 Å². The summed E-state index contributed by atoms with van der Waals surface area (Å²) in [5.41, 5.74) is 0. The van der Waals surface area contributed by atoms with Crippen molar-refractivity contribution in [1.29, 1.82) is 0 Å². The zero-order valence-electron chi connectivity index (χ0n) is 24.2. The van der Waals surface area contributed by atoms with E-state index in [0.717, 1.165) is 13.2 Å². The van der Waals surface area contributed by atoms with E-state index >= 15 is 0 Å². The van der Waals surface area contributed by atoms with Crippen LogP contribution in [0.5, 0.6) is 0 Å². The Morgan fingerprint density at radius 1 is 0.514 bits per heavy atom. The third-order valence-corrected chi connectivity index (χ3v) is 7.45. The molecular weight excluding hydrogens is 428 g/mol. The van der Waals surface area contributed by atoms with E-state index in [4.69, 9.17) is 9.47 Å². The molecule has 0 radical (unpaired) electrons. The van der Waals surface area contributed by atoms with Crippen molar-refractivity contribution in [2.75, 3.05) is 19.8 Å². The second-order valence-electron chi connectivity index (χ2n) is 10.9. The first-order valence-electron chi connectivity index (χ1n) is 15.7. The molecule has 0 spiro atoms. The summed E-state index contributed by atoms with van der Waals surface area (Å²) in [7, 11) is 0. The quantitative estimate of drug-likeness (QED) is 0.0563. The molecule has 0 saturated heterocycles. The normalized spacial score (nSPS) is 13.0. The Balaban J connectivity index is 4.07. The summed E-state index contributed by atoms with van der Waals surface area (Å²) in [6, 6.07) is 0. The monoisotopic (exact) mass is 492 g/mol. The van der Waals surface area contributed by atoms with Crippen molar-refractivity contribution in [1.82, 2.24) is 0 Å². The third-order valence-electron chi connectivity index (χ3n) is 7.45. The average Bonchev–Trinajstić information content (AvgIpc) is 2.87. The van der Waals surface area contributed by atoms with Crippen LogP contribution in [0.2, 0.25) is 0 Å². The molecule has 0 aliphatic rings. The Bertz CT molecular complexity index is 419. The molecule has 0 aliphatic carbocycles. The van der Waals surface area contributed by atoms with Crippen LogP contribution in [0.1, 0.15) is 155 Å². The first kappa shape index (κ1) is 34.2. The molecule has 0 rings (SSSR count). The molecule has 2 nitrogen and oxygen atoms in total. The summed E-state index contributed by atoms with van der Waals surface area (Å²) >= 11 is 0. The number of hydrogen-bond acceptors (Lipinski definition) is 2. The molecule has 0 aromatic heterocycles. The molecule has 0 aromatic rings. The van der Waals surface area contributed by atoms with E-state index in [1.54, 1.807) is 6.26 Å². The van der Waals surface area contributed by atoms with Gasteiger partial charge in [-0.3, -0.25) is 0 Å². The summed E-state index contributed by atoms with van der Waals surface area (Å²) in [6.07, 6.45) is 33.7. The molecule has 0 amide bonds. The fourth-order valence-electron chi connectivity index (χ4n) is 5.14. The highest BCUT2D eigenvalue weighted by molar-refractivity contribution is 4.67. The predicted molar refractivity (Wildman–Crippen MR) is 157 cm³/mol. The molecule has 0 saturated carbocycles. The van der Waals surface area contributed by atoms with Gasteiger partial charge in [-0.15, -0.1) is 6.58 Å². The summed E-state index contributed by atoms with van der Waals surface area (Å²) < 4.78 is 11.5. The SMILES string of the molecule is C=CCOCC(CCCCCCCCCC)CCCCC(CCCCCCCCCC)COC=C. The van der Waals surface area contributed by atoms with E-state index in [1.807, 2.05) is 6.08 Å². The molecule has 35 heavy (non-hydrogen) atoms. The minimum Gasteiger partial charge on any atom is -0.502 e. The van der Waals surface area contributed by atoms with Gasteiger partial charge < -0.3 is 9.47 Å². The van der Waals surface area contributed by atoms with Gasteiger partial charge in [-0.2, -0.15) is 0 Å². The zero-order chi connectivity index (χ0) is 25.7. The number of ether oxygens (including phenoxy) is 2. The first-order valence-corrected chi connectivity index (χ1v) is 15.7. The Labute approximate surface area is 221 Å². The van der Waals surface area contributed by atoms with Crippen LogP contribution in [0.4, 0.5) is 0 Å². The lowest BCUT2D eigenvalue weighted by atomic mass is 9.91. The average molecular weight is 493 g/mol. The van der Waals surface area contributed by atoms with Gasteiger partial charge in [0.15, 0.2) is 0 Å². The lowest BCUT2D eigenvalue weighted by Gasteiger charge is -2.19. The molecule has 0 heterocycles. The van der Waals surface area contributed by atoms with Crippen LogP contribution >= 0.6 is 0 Å². The Kier molecular flexibility index (Phi) is 28.8. The molecule has 2 atom stereocenters. The van der Waals surface area contributed by atoms with Gasteiger partial charge in [0.2, 0.25) is 0 Å². The molecule has 0 fully saturated rings. The van der Waals surface area contributed by atoms with Crippen LogP contribution in [0, 0.1) is 11.8 Å². The molecule has 2 unspecified atom stereocenters. The lowest BCUT2D eigenvalue weighted by molar-refractivity contribution is 0.112. The number of rotatable bonds is 30. The predicted octanol–water partition coefficient (Wildman–Crippen LogP) is 11.2. The standard InChI is InChI=1S/C33H64O2/c1-5-9-11-13-15-17-19-21-25-32(30-34-8-4)27-23-24-28-33(31-35-29-7-3)26-22-20-18-16-14-12-10-6-2/h7-8,32-33H,3-6,9-31H2,1-2H3. The van der Waals surface area contributed by atoms with Gasteiger partial charge in [0.1, 0.15) is 0 Å². The molecular formula is C33H64O2. The minimum absolute atomic E-state index is 0.688. The van der Waals surface area contributed by atoms with Crippen molar-refractivity contribution in [2.24, 2.45) is 11.8 Å². The fraction of sp³-hybridized carbons (Fsp3) is 0.879. The maximum Gasteiger partial charge on any atom is 0.0901 e. The van der Waals surface area contributed by atoms with Gasteiger partial charge in [-0.25, -0.2) is 0 Å². The number of hydrogen-bond donors (Lipinski definition) is 0. The highest BCUT2D eigenvalue weighted by Gasteiger charge is 2.12. The molecule has 208 valence electrons. The van der Waals surface area contributed by atoms with Crippen LogP contribution in [-0.2, 0) is 9.47 Å². The van der Waals surface area contributed by atoms with Gasteiger partial charge in [0, 0.05) is 6.61 Å². The van der Waals surface area contributed by atoms with Crippen molar-refractivity contribution in [3.05, 3.63) is 25.5 Å². The van der Waals surface area contributed by atoms with Gasteiger partial charge in [-0.1, -0.05) is 142 Å². The summed E-state index contributed by atoms with van der Waals surface area (Å²) in [4.78, 5) is 0. The second-order valence-corrected chi connectivity index (χ2v) is 10.9. The van der Waals surface area contributed by atoms with Gasteiger partial charge in [0.05, 0.1) is 19.5 Å².